The summed E-state index contributed by atoms with van der Waals surface area (Å²) in [6.45, 7) is 15.0. The third kappa shape index (κ3) is 3.70. The van der Waals surface area contributed by atoms with Crippen molar-refractivity contribution in [2.45, 2.75) is 57.9 Å². The number of aliphatic hydroxyl groups is 1. The van der Waals surface area contributed by atoms with Crippen LogP contribution in [0.25, 0.3) is 0 Å². The van der Waals surface area contributed by atoms with Crippen LogP contribution in [0.15, 0.2) is 11.8 Å². The van der Waals surface area contributed by atoms with E-state index in [0.717, 1.165) is 0 Å². The van der Waals surface area contributed by atoms with Crippen molar-refractivity contribution in [3.05, 3.63) is 11.8 Å². The molecule has 0 unspecified atom stereocenters. The van der Waals surface area contributed by atoms with Crippen molar-refractivity contribution >= 4 is 8.07 Å². The van der Waals surface area contributed by atoms with Crippen LogP contribution >= 0.6 is 0 Å². The van der Waals surface area contributed by atoms with Gasteiger partial charge in [-0.25, -0.2) is 0 Å². The molecule has 1 heterocycles. The Balaban J connectivity index is 2.48. The fourth-order valence-corrected chi connectivity index (χ4v) is 2.42. The zero-order valence-electron chi connectivity index (χ0n) is 11.0. The third-order valence-electron chi connectivity index (χ3n) is 2.98. The molecule has 0 amide bonds. The summed E-state index contributed by atoms with van der Waals surface area (Å²) in [5, 5.41) is 11.2. The molecule has 1 rings (SSSR count). The number of ether oxygens (including phenoxy) is 2. The van der Waals surface area contributed by atoms with E-state index in [-0.39, 0.29) is 6.10 Å². The summed E-state index contributed by atoms with van der Waals surface area (Å²) in [5.41, 5.74) is 0. The van der Waals surface area contributed by atoms with Gasteiger partial charge in [-0.15, -0.1) is 6.58 Å². The van der Waals surface area contributed by atoms with Gasteiger partial charge in [-0.05, 0) is 20.3 Å². The molecule has 0 spiro atoms. The quantitative estimate of drug-likeness (QED) is 0.771. The molecule has 0 aromatic rings. The summed E-state index contributed by atoms with van der Waals surface area (Å²) in [6.07, 6.45) is -0.0936. The Morgan fingerprint density at radius 1 is 1.50 bits per heavy atom. The van der Waals surface area contributed by atoms with Crippen molar-refractivity contribution < 1.29 is 14.6 Å². The van der Waals surface area contributed by atoms with E-state index in [1.807, 2.05) is 13.8 Å². The highest BCUT2D eigenvalue weighted by Gasteiger charge is 2.37. The predicted molar refractivity (Wildman–Crippen MR) is 68.0 cm³/mol. The molecule has 0 aromatic heterocycles. The Kier molecular flexibility index (Phi) is 4.00. The monoisotopic (exact) mass is 244 g/mol. The summed E-state index contributed by atoms with van der Waals surface area (Å²) >= 11 is 0. The lowest BCUT2D eigenvalue weighted by Gasteiger charge is -2.25. The maximum Gasteiger partial charge on any atom is 0.163 e. The molecule has 2 atom stereocenters. The zero-order chi connectivity index (χ0) is 12.6. The van der Waals surface area contributed by atoms with E-state index in [2.05, 4.69) is 26.2 Å². The molecule has 3 nitrogen and oxygen atoms in total. The van der Waals surface area contributed by atoms with Gasteiger partial charge in [0.1, 0.15) is 6.10 Å². The van der Waals surface area contributed by atoms with Gasteiger partial charge >= 0.3 is 0 Å². The van der Waals surface area contributed by atoms with E-state index in [0.29, 0.717) is 13.0 Å². The Morgan fingerprint density at radius 2 is 2.06 bits per heavy atom. The third-order valence-corrected chi connectivity index (χ3v) is 5.30. The van der Waals surface area contributed by atoms with Gasteiger partial charge in [0.2, 0.25) is 0 Å². The van der Waals surface area contributed by atoms with Gasteiger partial charge in [-0.1, -0.05) is 24.8 Å². The van der Waals surface area contributed by atoms with Crippen molar-refractivity contribution in [2.75, 3.05) is 6.61 Å². The van der Waals surface area contributed by atoms with Crippen molar-refractivity contribution in [2.24, 2.45) is 0 Å². The fourth-order valence-electron chi connectivity index (χ4n) is 1.60. The Bertz CT molecular complexity index is 268. The molecular formula is C12H24O3Si. The lowest BCUT2D eigenvalue weighted by Crippen LogP contribution is -2.34. The lowest BCUT2D eigenvalue weighted by atomic mass is 10.1. The summed E-state index contributed by atoms with van der Waals surface area (Å²) in [6, 6.07) is 0. The SMILES string of the molecule is C=C(C[C@H](O)[C@H]1COC(C)(C)O1)[Si](C)(C)C. The molecule has 94 valence electrons. The van der Waals surface area contributed by atoms with E-state index in [4.69, 9.17) is 9.47 Å². The molecule has 4 heteroatoms. The molecule has 0 radical (unpaired) electrons. The molecule has 1 fully saturated rings. The van der Waals surface area contributed by atoms with E-state index < -0.39 is 20.0 Å². The van der Waals surface area contributed by atoms with Crippen LogP contribution in [-0.2, 0) is 9.47 Å². The normalized spacial score (nSPS) is 26.8. The van der Waals surface area contributed by atoms with Crippen LogP contribution in [-0.4, -0.2) is 37.8 Å². The van der Waals surface area contributed by atoms with Gasteiger partial charge in [0.15, 0.2) is 5.79 Å². The predicted octanol–water partition coefficient (Wildman–Crippen LogP) is 2.32. The average Bonchev–Trinajstić information content (AvgIpc) is 2.44. The highest BCUT2D eigenvalue weighted by Crippen LogP contribution is 2.27. The van der Waals surface area contributed by atoms with Crippen LogP contribution in [0.3, 0.4) is 0 Å². The van der Waals surface area contributed by atoms with Crippen molar-refractivity contribution in [3.63, 3.8) is 0 Å². The Hall–Kier alpha value is -0.163. The van der Waals surface area contributed by atoms with Gasteiger partial charge in [0, 0.05) is 0 Å². The summed E-state index contributed by atoms with van der Waals surface area (Å²) < 4.78 is 11.1. The molecule has 0 saturated carbocycles. The minimum atomic E-state index is -1.36. The first-order valence-corrected chi connectivity index (χ1v) is 9.30. The topological polar surface area (TPSA) is 38.7 Å². The number of rotatable bonds is 4. The van der Waals surface area contributed by atoms with Gasteiger partial charge in [-0.3, -0.25) is 0 Å². The van der Waals surface area contributed by atoms with Crippen LogP contribution in [0.2, 0.25) is 19.6 Å². The molecule has 16 heavy (non-hydrogen) atoms. The maximum absolute atomic E-state index is 10.1. The summed E-state index contributed by atoms with van der Waals surface area (Å²) in [4.78, 5) is 0. The molecular weight excluding hydrogens is 220 g/mol. The van der Waals surface area contributed by atoms with Crippen LogP contribution < -0.4 is 0 Å². The average molecular weight is 244 g/mol. The van der Waals surface area contributed by atoms with Crippen molar-refractivity contribution in [1.82, 2.24) is 0 Å². The molecule has 1 saturated heterocycles. The van der Waals surface area contributed by atoms with E-state index >= 15 is 0 Å². The second-order valence-electron chi connectivity index (χ2n) is 5.99. The number of aliphatic hydroxyl groups excluding tert-OH is 1. The number of hydrogen-bond acceptors (Lipinski definition) is 3. The lowest BCUT2D eigenvalue weighted by molar-refractivity contribution is -0.150. The van der Waals surface area contributed by atoms with Crippen LogP contribution in [0.1, 0.15) is 20.3 Å². The fraction of sp³-hybridized carbons (Fsp3) is 0.833. The first-order valence-electron chi connectivity index (χ1n) is 5.80. The van der Waals surface area contributed by atoms with Crippen LogP contribution in [0, 0.1) is 0 Å². The van der Waals surface area contributed by atoms with Gasteiger partial charge < -0.3 is 14.6 Å². The van der Waals surface area contributed by atoms with E-state index in [1.165, 1.54) is 5.20 Å². The highest BCUT2D eigenvalue weighted by molar-refractivity contribution is 6.82. The van der Waals surface area contributed by atoms with Gasteiger partial charge in [0.25, 0.3) is 0 Å². The second-order valence-corrected chi connectivity index (χ2v) is 11.2. The first-order chi connectivity index (χ1) is 7.12. The Labute approximate surface area is 99.5 Å². The summed E-state index contributed by atoms with van der Waals surface area (Å²) in [7, 11) is -1.36. The highest BCUT2D eigenvalue weighted by atomic mass is 28.3. The van der Waals surface area contributed by atoms with Crippen molar-refractivity contribution in [3.8, 4) is 0 Å². The maximum atomic E-state index is 10.1. The minimum Gasteiger partial charge on any atom is -0.390 e. The smallest absolute Gasteiger partial charge is 0.163 e. The first kappa shape index (κ1) is 13.9. The zero-order valence-corrected chi connectivity index (χ0v) is 12.0. The number of hydrogen-bond donors (Lipinski definition) is 1. The Morgan fingerprint density at radius 3 is 2.44 bits per heavy atom. The van der Waals surface area contributed by atoms with Crippen LogP contribution in [0.4, 0.5) is 0 Å². The van der Waals surface area contributed by atoms with Crippen molar-refractivity contribution in [1.29, 1.82) is 0 Å². The van der Waals surface area contributed by atoms with E-state index in [1.54, 1.807) is 0 Å². The molecule has 1 aliphatic heterocycles. The minimum absolute atomic E-state index is 0.219. The molecule has 1 N–H and O–H groups in total. The second kappa shape index (κ2) is 4.60. The molecule has 0 aromatic carbocycles. The summed E-state index contributed by atoms with van der Waals surface area (Å²) in [5.74, 6) is -0.563. The van der Waals surface area contributed by atoms with E-state index in [9.17, 15) is 5.11 Å². The van der Waals surface area contributed by atoms with Gasteiger partial charge in [0.05, 0.1) is 20.8 Å². The van der Waals surface area contributed by atoms with Gasteiger partial charge in [-0.2, -0.15) is 0 Å². The molecule has 0 bridgehead atoms. The molecule has 1 aliphatic rings. The standard InChI is InChI=1S/C12H24O3Si/c1-9(16(4,5)6)7-10(13)11-8-14-12(2,3)15-11/h10-11,13H,1,7-8H2,2-6H3/t10-,11+/m0/s1. The van der Waals surface area contributed by atoms with Crippen LogP contribution in [0.5, 0.6) is 0 Å². The molecule has 0 aliphatic carbocycles. The largest absolute Gasteiger partial charge is 0.390 e.